The van der Waals surface area contributed by atoms with Gasteiger partial charge in [-0.05, 0) is 60.2 Å². The number of rotatable bonds is 7. The monoisotopic (exact) mass is 431 g/mol. The van der Waals surface area contributed by atoms with Crippen molar-refractivity contribution in [2.75, 3.05) is 11.5 Å². The second-order valence-corrected chi connectivity index (χ2v) is 7.76. The van der Waals surface area contributed by atoms with Gasteiger partial charge in [0.2, 0.25) is 0 Å². The van der Waals surface area contributed by atoms with Crippen LogP contribution in [0.2, 0.25) is 0 Å². The van der Waals surface area contributed by atoms with E-state index in [0.717, 1.165) is 22.9 Å². The fourth-order valence-electron chi connectivity index (χ4n) is 3.16. The minimum atomic E-state index is -0.330. The zero-order valence-corrected chi connectivity index (χ0v) is 17.8. The SMILES string of the molecule is CCOc1cc(/C=C2\SC(=O)N(c3ccccc3)C2=O)ccc1OCc1ccccc1. The summed E-state index contributed by atoms with van der Waals surface area (Å²) in [6.07, 6.45) is 1.71. The lowest BCUT2D eigenvalue weighted by Crippen LogP contribution is -2.27. The molecule has 1 aliphatic heterocycles. The average Bonchev–Trinajstić information content (AvgIpc) is 3.07. The molecule has 1 fully saturated rings. The van der Waals surface area contributed by atoms with Crippen molar-refractivity contribution >= 4 is 34.7 Å². The lowest BCUT2D eigenvalue weighted by atomic mass is 10.1. The molecule has 0 radical (unpaired) electrons. The lowest BCUT2D eigenvalue weighted by molar-refractivity contribution is -0.113. The molecule has 0 unspecified atom stereocenters. The lowest BCUT2D eigenvalue weighted by Gasteiger charge is -2.13. The van der Waals surface area contributed by atoms with Gasteiger partial charge in [0.25, 0.3) is 11.1 Å². The molecule has 0 aliphatic carbocycles. The van der Waals surface area contributed by atoms with Gasteiger partial charge in [-0.2, -0.15) is 0 Å². The fourth-order valence-corrected chi connectivity index (χ4v) is 4.00. The predicted molar refractivity (Wildman–Crippen MR) is 123 cm³/mol. The maximum atomic E-state index is 12.8. The maximum absolute atomic E-state index is 12.8. The van der Waals surface area contributed by atoms with E-state index in [-0.39, 0.29) is 11.1 Å². The number of hydrogen-bond donors (Lipinski definition) is 0. The van der Waals surface area contributed by atoms with Crippen LogP contribution in [0.5, 0.6) is 11.5 Å². The molecule has 31 heavy (non-hydrogen) atoms. The second-order valence-electron chi connectivity index (χ2n) is 6.77. The average molecular weight is 432 g/mol. The van der Waals surface area contributed by atoms with E-state index in [2.05, 4.69) is 0 Å². The maximum Gasteiger partial charge on any atom is 0.298 e. The van der Waals surface area contributed by atoms with Crippen molar-refractivity contribution in [1.82, 2.24) is 0 Å². The Kier molecular flexibility index (Phi) is 6.38. The Morgan fingerprint density at radius 3 is 2.29 bits per heavy atom. The van der Waals surface area contributed by atoms with Crippen LogP contribution in [0.15, 0.2) is 83.8 Å². The molecule has 5 nitrogen and oxygen atoms in total. The second kappa shape index (κ2) is 9.53. The first-order valence-corrected chi connectivity index (χ1v) is 10.7. The summed E-state index contributed by atoms with van der Waals surface area (Å²) in [6.45, 7) is 2.81. The summed E-state index contributed by atoms with van der Waals surface area (Å²) in [4.78, 5) is 26.8. The van der Waals surface area contributed by atoms with Crippen LogP contribution in [0.25, 0.3) is 6.08 Å². The topological polar surface area (TPSA) is 55.8 Å². The van der Waals surface area contributed by atoms with Crippen molar-refractivity contribution in [3.05, 3.63) is 94.9 Å². The van der Waals surface area contributed by atoms with E-state index in [4.69, 9.17) is 9.47 Å². The van der Waals surface area contributed by atoms with Gasteiger partial charge >= 0.3 is 0 Å². The van der Waals surface area contributed by atoms with Crippen LogP contribution < -0.4 is 14.4 Å². The molecule has 1 heterocycles. The highest BCUT2D eigenvalue weighted by Gasteiger charge is 2.36. The molecule has 0 saturated carbocycles. The number of nitrogens with zero attached hydrogens (tertiary/aromatic N) is 1. The van der Waals surface area contributed by atoms with Crippen molar-refractivity contribution < 1.29 is 19.1 Å². The summed E-state index contributed by atoms with van der Waals surface area (Å²) in [7, 11) is 0. The Hall–Kier alpha value is -3.51. The molecule has 3 aromatic carbocycles. The van der Waals surface area contributed by atoms with Gasteiger partial charge in [-0.25, -0.2) is 4.90 Å². The summed E-state index contributed by atoms with van der Waals surface area (Å²) < 4.78 is 11.7. The molecule has 0 aromatic heterocycles. The minimum absolute atomic E-state index is 0.310. The van der Waals surface area contributed by atoms with Crippen molar-refractivity contribution in [3.63, 3.8) is 0 Å². The van der Waals surface area contributed by atoms with Gasteiger partial charge in [0, 0.05) is 0 Å². The predicted octanol–water partition coefficient (Wildman–Crippen LogP) is 5.91. The highest BCUT2D eigenvalue weighted by molar-refractivity contribution is 8.19. The van der Waals surface area contributed by atoms with Gasteiger partial charge in [0.15, 0.2) is 11.5 Å². The number of anilines is 1. The number of thioether (sulfide) groups is 1. The molecule has 6 heteroatoms. The molecule has 1 saturated heterocycles. The largest absolute Gasteiger partial charge is 0.490 e. The Morgan fingerprint density at radius 2 is 1.58 bits per heavy atom. The number of ether oxygens (including phenoxy) is 2. The summed E-state index contributed by atoms with van der Waals surface area (Å²) in [6, 6.07) is 24.3. The van der Waals surface area contributed by atoms with E-state index in [1.807, 2.05) is 61.5 Å². The van der Waals surface area contributed by atoms with Gasteiger partial charge in [-0.15, -0.1) is 0 Å². The van der Waals surface area contributed by atoms with Crippen LogP contribution in [-0.4, -0.2) is 17.8 Å². The Morgan fingerprint density at radius 1 is 0.871 bits per heavy atom. The first-order chi connectivity index (χ1) is 15.2. The number of para-hydroxylation sites is 1. The standard InChI is InChI=1S/C25H21NO4S/c1-2-29-22-15-19(13-14-21(22)30-17-18-9-5-3-6-10-18)16-23-24(27)26(25(28)31-23)20-11-7-4-8-12-20/h3-16H,2,17H2,1H3/b23-16-. The smallest absolute Gasteiger partial charge is 0.298 e. The number of carbonyl (C=O) groups is 2. The van der Waals surface area contributed by atoms with Crippen LogP contribution in [0.3, 0.4) is 0 Å². The van der Waals surface area contributed by atoms with E-state index in [9.17, 15) is 9.59 Å². The van der Waals surface area contributed by atoms with E-state index >= 15 is 0 Å². The number of imide groups is 1. The van der Waals surface area contributed by atoms with Crippen LogP contribution >= 0.6 is 11.8 Å². The molecule has 0 spiro atoms. The van der Waals surface area contributed by atoms with Crippen LogP contribution in [0, 0.1) is 0 Å². The highest BCUT2D eigenvalue weighted by atomic mass is 32.2. The number of hydrogen-bond acceptors (Lipinski definition) is 5. The molecule has 0 bridgehead atoms. The third kappa shape index (κ3) is 4.81. The molecule has 0 N–H and O–H groups in total. The fraction of sp³-hybridized carbons (Fsp3) is 0.120. The van der Waals surface area contributed by atoms with E-state index in [1.165, 1.54) is 4.90 Å². The van der Waals surface area contributed by atoms with Crippen LogP contribution in [-0.2, 0) is 11.4 Å². The minimum Gasteiger partial charge on any atom is -0.490 e. The molecule has 156 valence electrons. The zero-order valence-electron chi connectivity index (χ0n) is 17.0. The Bertz CT molecular complexity index is 1110. The van der Waals surface area contributed by atoms with E-state index < -0.39 is 0 Å². The molecule has 2 amide bonds. The first kappa shape index (κ1) is 20.8. The van der Waals surface area contributed by atoms with Gasteiger partial charge in [-0.3, -0.25) is 9.59 Å². The number of benzene rings is 3. The van der Waals surface area contributed by atoms with E-state index in [1.54, 1.807) is 30.3 Å². The summed E-state index contributed by atoms with van der Waals surface area (Å²) in [5, 5.41) is -0.310. The number of carbonyl (C=O) groups excluding carboxylic acids is 2. The molecule has 4 rings (SSSR count). The van der Waals surface area contributed by atoms with Crippen LogP contribution in [0.1, 0.15) is 18.1 Å². The third-order valence-electron chi connectivity index (χ3n) is 4.61. The Labute approximate surface area is 185 Å². The Balaban J connectivity index is 1.55. The molecule has 0 atom stereocenters. The van der Waals surface area contributed by atoms with Gasteiger partial charge in [0.05, 0.1) is 17.2 Å². The summed E-state index contributed by atoms with van der Waals surface area (Å²) in [5.74, 6) is 0.887. The normalized spacial score (nSPS) is 14.9. The highest BCUT2D eigenvalue weighted by Crippen LogP contribution is 2.37. The molecule has 3 aromatic rings. The third-order valence-corrected chi connectivity index (χ3v) is 5.48. The number of amides is 2. The van der Waals surface area contributed by atoms with Crippen molar-refractivity contribution in [1.29, 1.82) is 0 Å². The first-order valence-electron chi connectivity index (χ1n) is 9.92. The van der Waals surface area contributed by atoms with E-state index in [0.29, 0.717) is 35.3 Å². The molecule has 1 aliphatic rings. The van der Waals surface area contributed by atoms with Crippen LogP contribution in [0.4, 0.5) is 10.5 Å². The zero-order chi connectivity index (χ0) is 21.6. The van der Waals surface area contributed by atoms with Crippen molar-refractivity contribution in [3.8, 4) is 11.5 Å². The van der Waals surface area contributed by atoms with Gasteiger partial charge < -0.3 is 9.47 Å². The summed E-state index contributed by atoms with van der Waals surface area (Å²) >= 11 is 0.929. The molecular weight excluding hydrogens is 410 g/mol. The molecular formula is C25H21NO4S. The quantitative estimate of drug-likeness (QED) is 0.436. The van der Waals surface area contributed by atoms with Gasteiger partial charge in [-0.1, -0.05) is 54.6 Å². The summed E-state index contributed by atoms with van der Waals surface area (Å²) in [5.41, 5.74) is 2.38. The van der Waals surface area contributed by atoms with Crippen molar-refractivity contribution in [2.45, 2.75) is 13.5 Å². The van der Waals surface area contributed by atoms with Gasteiger partial charge in [0.1, 0.15) is 6.61 Å². The van der Waals surface area contributed by atoms with Crippen molar-refractivity contribution in [2.24, 2.45) is 0 Å².